The first-order valence-corrected chi connectivity index (χ1v) is 9.23. The second kappa shape index (κ2) is 8.05. The second-order valence-electron chi connectivity index (χ2n) is 6.77. The highest BCUT2D eigenvalue weighted by Crippen LogP contribution is 2.29. The van der Waals surface area contributed by atoms with E-state index in [2.05, 4.69) is 15.4 Å². The third-order valence-electron chi connectivity index (χ3n) is 4.41. The van der Waals surface area contributed by atoms with Crippen LogP contribution in [-0.2, 0) is 12.5 Å². The molecule has 0 spiro atoms. The van der Waals surface area contributed by atoms with Crippen molar-refractivity contribution in [2.75, 3.05) is 12.4 Å². The van der Waals surface area contributed by atoms with Gasteiger partial charge in [0.15, 0.2) is 29.4 Å². The Morgan fingerprint density at radius 3 is 2.84 bits per heavy atom. The van der Waals surface area contributed by atoms with Crippen LogP contribution in [0.3, 0.4) is 0 Å². The number of rotatable bonds is 7. The van der Waals surface area contributed by atoms with E-state index in [1.54, 1.807) is 43.6 Å². The number of halogens is 2. The predicted molar refractivity (Wildman–Crippen MR) is 106 cm³/mol. The molecule has 1 amide bonds. The van der Waals surface area contributed by atoms with Crippen LogP contribution in [0.2, 0.25) is 0 Å². The van der Waals surface area contributed by atoms with Crippen molar-refractivity contribution >= 4 is 11.7 Å². The molecule has 0 unspecified atom stereocenters. The van der Waals surface area contributed by atoms with Crippen LogP contribution in [0.1, 0.15) is 28.9 Å². The summed E-state index contributed by atoms with van der Waals surface area (Å²) in [6, 6.07) is 11.3. The molecule has 0 radical (unpaired) electrons. The van der Waals surface area contributed by atoms with E-state index in [1.807, 2.05) is 0 Å². The highest BCUT2D eigenvalue weighted by molar-refractivity contribution is 6.05. The Balaban J connectivity index is 1.46. The zero-order chi connectivity index (χ0) is 22.0. The van der Waals surface area contributed by atoms with Gasteiger partial charge in [-0.2, -0.15) is 13.9 Å². The average Bonchev–Trinajstić information content (AvgIpc) is 3.48. The van der Waals surface area contributed by atoms with Gasteiger partial charge >= 0.3 is 5.92 Å². The van der Waals surface area contributed by atoms with Crippen LogP contribution >= 0.6 is 0 Å². The van der Waals surface area contributed by atoms with Crippen LogP contribution in [0.25, 0.3) is 11.3 Å². The summed E-state index contributed by atoms with van der Waals surface area (Å²) in [6.07, 6.45) is 2.77. The maximum absolute atomic E-state index is 13.3. The number of nitrogens with zero attached hydrogens (tertiary/aromatic N) is 3. The molecule has 0 fully saturated rings. The number of oxazole rings is 1. The SMILES string of the molecule is COc1cccc(-c2ocnc2C(=O)Nc2ccn(Cc3ccc(C(C)(F)F)o3)n2)c1. The first kappa shape index (κ1) is 20.3. The number of anilines is 1. The number of furan rings is 1. The minimum absolute atomic E-state index is 0.0867. The normalized spacial score (nSPS) is 11.5. The van der Waals surface area contributed by atoms with Crippen LogP contribution < -0.4 is 10.1 Å². The number of ether oxygens (including phenoxy) is 1. The monoisotopic (exact) mass is 428 g/mol. The van der Waals surface area contributed by atoms with Gasteiger partial charge in [0.1, 0.15) is 11.5 Å². The molecule has 0 atom stereocenters. The van der Waals surface area contributed by atoms with Crippen molar-refractivity contribution in [3.05, 3.63) is 72.3 Å². The maximum Gasteiger partial charge on any atom is 0.301 e. The largest absolute Gasteiger partial charge is 0.497 e. The molecule has 3 heterocycles. The summed E-state index contributed by atoms with van der Waals surface area (Å²) < 4.78 is 43.8. The van der Waals surface area contributed by atoms with E-state index < -0.39 is 17.6 Å². The van der Waals surface area contributed by atoms with Gasteiger partial charge in [0.2, 0.25) is 0 Å². The number of methoxy groups -OCH3 is 1. The van der Waals surface area contributed by atoms with Crippen molar-refractivity contribution in [1.82, 2.24) is 14.8 Å². The molecule has 4 aromatic rings. The summed E-state index contributed by atoms with van der Waals surface area (Å²) in [5.41, 5.74) is 0.720. The lowest BCUT2D eigenvalue weighted by atomic mass is 10.1. The van der Waals surface area contributed by atoms with Crippen LogP contribution in [0.4, 0.5) is 14.6 Å². The van der Waals surface area contributed by atoms with Crippen molar-refractivity contribution in [1.29, 1.82) is 0 Å². The molecule has 4 rings (SSSR count). The number of alkyl halides is 2. The fraction of sp³-hybridized carbons (Fsp3) is 0.190. The third kappa shape index (κ3) is 4.47. The van der Waals surface area contributed by atoms with Crippen LogP contribution in [0.5, 0.6) is 5.75 Å². The molecule has 31 heavy (non-hydrogen) atoms. The van der Waals surface area contributed by atoms with E-state index in [9.17, 15) is 13.6 Å². The lowest BCUT2D eigenvalue weighted by Crippen LogP contribution is -2.14. The summed E-state index contributed by atoms with van der Waals surface area (Å²) in [4.78, 5) is 16.7. The van der Waals surface area contributed by atoms with E-state index in [-0.39, 0.29) is 18.1 Å². The number of hydrogen-bond donors (Lipinski definition) is 1. The van der Waals surface area contributed by atoms with E-state index in [0.717, 1.165) is 6.92 Å². The topological polar surface area (TPSA) is 95.3 Å². The molecule has 1 N–H and O–H groups in total. The van der Waals surface area contributed by atoms with E-state index in [1.165, 1.54) is 23.2 Å². The van der Waals surface area contributed by atoms with Crippen LogP contribution in [-0.4, -0.2) is 27.8 Å². The van der Waals surface area contributed by atoms with Gasteiger partial charge in [0.05, 0.1) is 13.7 Å². The van der Waals surface area contributed by atoms with Gasteiger partial charge in [-0.1, -0.05) is 12.1 Å². The summed E-state index contributed by atoms with van der Waals surface area (Å²) >= 11 is 0. The Morgan fingerprint density at radius 1 is 1.26 bits per heavy atom. The zero-order valence-corrected chi connectivity index (χ0v) is 16.6. The van der Waals surface area contributed by atoms with Gasteiger partial charge in [-0.15, -0.1) is 0 Å². The van der Waals surface area contributed by atoms with Gasteiger partial charge in [-0.25, -0.2) is 4.98 Å². The second-order valence-corrected chi connectivity index (χ2v) is 6.77. The minimum Gasteiger partial charge on any atom is -0.497 e. The molecule has 160 valence electrons. The lowest BCUT2D eigenvalue weighted by molar-refractivity contribution is -0.00636. The van der Waals surface area contributed by atoms with Crippen molar-refractivity contribution in [2.24, 2.45) is 0 Å². The molecular weight excluding hydrogens is 410 g/mol. The summed E-state index contributed by atoms with van der Waals surface area (Å²) in [5.74, 6) is -2.51. The Morgan fingerprint density at radius 2 is 2.10 bits per heavy atom. The fourth-order valence-electron chi connectivity index (χ4n) is 2.93. The molecule has 3 aromatic heterocycles. The number of nitrogens with one attached hydrogen (secondary N) is 1. The highest BCUT2D eigenvalue weighted by Gasteiger charge is 2.28. The Bertz CT molecular complexity index is 1210. The fourth-order valence-corrected chi connectivity index (χ4v) is 2.93. The smallest absolute Gasteiger partial charge is 0.301 e. The van der Waals surface area contributed by atoms with Crippen molar-refractivity contribution in [3.63, 3.8) is 0 Å². The Hall–Kier alpha value is -3.95. The number of amides is 1. The molecule has 10 heteroatoms. The quantitative estimate of drug-likeness (QED) is 0.464. The Kier molecular flexibility index (Phi) is 5.28. The average molecular weight is 428 g/mol. The molecule has 1 aromatic carbocycles. The third-order valence-corrected chi connectivity index (χ3v) is 4.41. The lowest BCUT2D eigenvalue weighted by Gasteiger charge is -2.05. The first-order valence-electron chi connectivity index (χ1n) is 9.23. The number of hydrogen-bond acceptors (Lipinski definition) is 6. The number of carbonyl (C=O) groups is 1. The maximum atomic E-state index is 13.3. The molecule has 0 aliphatic rings. The standard InChI is InChI=1S/C21H18F2N4O4/c1-21(22,23)16-7-6-15(31-16)11-27-9-8-17(26-27)25-20(28)18-19(30-12-24-18)13-4-3-5-14(10-13)29-2/h3-10,12H,11H2,1-2H3,(H,25,26,28). The molecule has 0 aliphatic carbocycles. The van der Waals surface area contributed by atoms with Crippen molar-refractivity contribution in [2.45, 2.75) is 19.4 Å². The number of carbonyl (C=O) groups excluding carboxylic acids is 1. The van der Waals surface area contributed by atoms with Gasteiger partial charge in [-0.05, 0) is 24.3 Å². The Labute approximate surface area is 175 Å². The van der Waals surface area contributed by atoms with Crippen molar-refractivity contribution < 1.29 is 27.1 Å². The molecule has 8 nitrogen and oxygen atoms in total. The number of benzene rings is 1. The first-order chi connectivity index (χ1) is 14.8. The van der Waals surface area contributed by atoms with E-state index in [0.29, 0.717) is 22.8 Å². The van der Waals surface area contributed by atoms with E-state index >= 15 is 0 Å². The zero-order valence-electron chi connectivity index (χ0n) is 16.6. The molecule has 0 saturated heterocycles. The minimum atomic E-state index is -3.06. The highest BCUT2D eigenvalue weighted by atomic mass is 19.3. The van der Waals surface area contributed by atoms with Gasteiger partial charge in [0, 0.05) is 24.8 Å². The van der Waals surface area contributed by atoms with Gasteiger partial charge < -0.3 is 18.9 Å². The van der Waals surface area contributed by atoms with E-state index in [4.69, 9.17) is 13.6 Å². The summed E-state index contributed by atoms with van der Waals surface area (Å²) in [5, 5.41) is 6.86. The summed E-state index contributed by atoms with van der Waals surface area (Å²) in [6.45, 7) is 0.895. The molecule has 0 saturated carbocycles. The van der Waals surface area contributed by atoms with Crippen molar-refractivity contribution in [3.8, 4) is 17.1 Å². The predicted octanol–water partition coefficient (Wildman–Crippen LogP) is 4.55. The number of aromatic nitrogens is 3. The molecule has 0 aliphatic heterocycles. The molecule has 0 bridgehead atoms. The molecular formula is C21H18F2N4O4. The summed E-state index contributed by atoms with van der Waals surface area (Å²) in [7, 11) is 1.54. The van der Waals surface area contributed by atoms with Crippen LogP contribution in [0.15, 0.2) is 63.9 Å². The van der Waals surface area contributed by atoms with Gasteiger partial charge in [0.25, 0.3) is 5.91 Å². The van der Waals surface area contributed by atoms with Crippen LogP contribution in [0, 0.1) is 0 Å². The van der Waals surface area contributed by atoms with Gasteiger partial charge in [-0.3, -0.25) is 9.48 Å².